The molecule has 0 N–H and O–H groups in total. The lowest BCUT2D eigenvalue weighted by molar-refractivity contribution is 0.172. The van der Waals surface area contributed by atoms with Crippen LogP contribution in [0.3, 0.4) is 0 Å². The normalized spacial score (nSPS) is 9.91. The average Bonchev–Trinajstić information content (AvgIpc) is 2.50. The molecule has 0 unspecified atom stereocenters. The number of hydrogen-bond donors (Lipinski definition) is 0. The maximum absolute atomic E-state index is 5.38. The third kappa shape index (κ3) is 3.39. The fourth-order valence-corrected chi connectivity index (χ4v) is 1.30. The first-order valence-electron chi connectivity index (χ1n) is 3.57. The summed E-state index contributed by atoms with van der Waals surface area (Å²) in [5.41, 5.74) is 0. The molecule has 1 rings (SSSR count). The second kappa shape index (κ2) is 5.16. The Morgan fingerprint density at radius 3 is 3.00 bits per heavy atom. The van der Waals surface area contributed by atoms with Crippen LogP contribution in [-0.4, -0.2) is 20.3 Å². The maximum Gasteiger partial charge on any atom is 0.129 e. The molecule has 3 heteroatoms. The van der Waals surface area contributed by atoms with Gasteiger partial charge in [0.25, 0.3) is 0 Å². The van der Waals surface area contributed by atoms with Crippen molar-refractivity contribution in [3.05, 3.63) is 16.8 Å². The Bertz CT molecular complexity index is 172. The van der Waals surface area contributed by atoms with E-state index in [1.165, 1.54) is 0 Å². The van der Waals surface area contributed by atoms with Gasteiger partial charge in [-0.25, -0.2) is 0 Å². The smallest absolute Gasteiger partial charge is 0.129 e. The zero-order chi connectivity index (χ0) is 7.94. The predicted octanol–water partition coefficient (Wildman–Crippen LogP) is 2.16. The van der Waals surface area contributed by atoms with Crippen LogP contribution in [0.5, 0.6) is 5.75 Å². The molecule has 1 aromatic rings. The van der Waals surface area contributed by atoms with E-state index in [1.807, 2.05) is 16.8 Å². The highest BCUT2D eigenvalue weighted by molar-refractivity contribution is 7.08. The van der Waals surface area contributed by atoms with E-state index in [0.717, 1.165) is 25.4 Å². The lowest BCUT2D eigenvalue weighted by Crippen LogP contribution is -2.00. The van der Waals surface area contributed by atoms with Crippen molar-refractivity contribution >= 4 is 11.3 Å². The Labute approximate surface area is 70.8 Å². The summed E-state index contributed by atoms with van der Waals surface area (Å²) in [6, 6.07) is 1.97. The molecule has 1 aromatic heterocycles. The van der Waals surface area contributed by atoms with Gasteiger partial charge in [0.1, 0.15) is 5.75 Å². The first-order valence-corrected chi connectivity index (χ1v) is 4.51. The van der Waals surface area contributed by atoms with Crippen molar-refractivity contribution < 1.29 is 9.47 Å². The quantitative estimate of drug-likeness (QED) is 0.634. The van der Waals surface area contributed by atoms with Crippen LogP contribution in [-0.2, 0) is 4.74 Å². The molecule has 11 heavy (non-hydrogen) atoms. The van der Waals surface area contributed by atoms with Crippen LogP contribution < -0.4 is 4.74 Å². The van der Waals surface area contributed by atoms with E-state index in [0.29, 0.717) is 0 Å². The van der Waals surface area contributed by atoms with Gasteiger partial charge in [0, 0.05) is 25.5 Å². The molecule has 1 heterocycles. The van der Waals surface area contributed by atoms with E-state index in [2.05, 4.69) is 0 Å². The minimum atomic E-state index is 0.741. The molecule has 0 amide bonds. The minimum Gasteiger partial charge on any atom is -0.493 e. The average molecular weight is 172 g/mol. The highest BCUT2D eigenvalue weighted by atomic mass is 32.1. The topological polar surface area (TPSA) is 18.5 Å². The summed E-state index contributed by atoms with van der Waals surface area (Å²) in [6.07, 6.45) is 0.951. The van der Waals surface area contributed by atoms with Crippen LogP contribution in [0.25, 0.3) is 0 Å². The second-order valence-electron chi connectivity index (χ2n) is 2.15. The summed E-state index contributed by atoms with van der Waals surface area (Å²) in [7, 11) is 1.70. The van der Waals surface area contributed by atoms with Crippen molar-refractivity contribution in [2.45, 2.75) is 6.42 Å². The molecule has 0 spiro atoms. The highest BCUT2D eigenvalue weighted by Gasteiger charge is 1.91. The van der Waals surface area contributed by atoms with Crippen LogP contribution in [0.1, 0.15) is 6.42 Å². The zero-order valence-corrected chi connectivity index (χ0v) is 7.39. The van der Waals surface area contributed by atoms with Crippen molar-refractivity contribution in [3.63, 3.8) is 0 Å². The monoisotopic (exact) mass is 172 g/mol. The largest absolute Gasteiger partial charge is 0.493 e. The zero-order valence-electron chi connectivity index (χ0n) is 6.58. The van der Waals surface area contributed by atoms with Crippen LogP contribution >= 0.6 is 11.3 Å². The molecule has 0 saturated carbocycles. The lowest BCUT2D eigenvalue weighted by atomic mass is 10.5. The van der Waals surface area contributed by atoms with Gasteiger partial charge in [0.2, 0.25) is 0 Å². The predicted molar refractivity (Wildman–Crippen MR) is 46.3 cm³/mol. The van der Waals surface area contributed by atoms with Crippen molar-refractivity contribution in [1.82, 2.24) is 0 Å². The van der Waals surface area contributed by atoms with Gasteiger partial charge in [-0.3, -0.25) is 0 Å². The summed E-state index contributed by atoms with van der Waals surface area (Å²) >= 11 is 1.65. The standard InChI is InChI=1S/C8H12O2S/c1-9-4-2-5-10-8-3-6-11-7-8/h3,6-7H,2,4-5H2,1H3. The third-order valence-electron chi connectivity index (χ3n) is 1.26. The van der Waals surface area contributed by atoms with Crippen molar-refractivity contribution in [1.29, 1.82) is 0 Å². The number of methoxy groups -OCH3 is 1. The second-order valence-corrected chi connectivity index (χ2v) is 2.93. The van der Waals surface area contributed by atoms with E-state index in [1.54, 1.807) is 18.4 Å². The molecule has 0 aliphatic carbocycles. The molecule has 0 radical (unpaired) electrons. The molecule has 0 atom stereocenters. The van der Waals surface area contributed by atoms with Gasteiger partial charge in [0.15, 0.2) is 0 Å². The van der Waals surface area contributed by atoms with Crippen molar-refractivity contribution in [2.75, 3.05) is 20.3 Å². The molecule has 62 valence electrons. The Morgan fingerprint density at radius 2 is 2.36 bits per heavy atom. The summed E-state index contributed by atoms with van der Waals surface area (Å²) < 4.78 is 10.3. The molecule has 2 nitrogen and oxygen atoms in total. The van der Waals surface area contributed by atoms with E-state index in [4.69, 9.17) is 9.47 Å². The Kier molecular flexibility index (Phi) is 4.01. The summed E-state index contributed by atoms with van der Waals surface area (Å²) in [4.78, 5) is 0. The minimum absolute atomic E-state index is 0.741. The molecule has 0 aliphatic rings. The number of hydrogen-bond acceptors (Lipinski definition) is 3. The van der Waals surface area contributed by atoms with Crippen molar-refractivity contribution in [2.24, 2.45) is 0 Å². The highest BCUT2D eigenvalue weighted by Crippen LogP contribution is 2.14. The van der Waals surface area contributed by atoms with Gasteiger partial charge >= 0.3 is 0 Å². The molecular weight excluding hydrogens is 160 g/mol. The van der Waals surface area contributed by atoms with E-state index in [9.17, 15) is 0 Å². The maximum atomic E-state index is 5.38. The van der Waals surface area contributed by atoms with Crippen LogP contribution in [0.2, 0.25) is 0 Å². The van der Waals surface area contributed by atoms with Gasteiger partial charge in [-0.15, -0.1) is 11.3 Å². The van der Waals surface area contributed by atoms with Gasteiger partial charge in [-0.05, 0) is 11.4 Å². The first-order chi connectivity index (χ1) is 5.43. The number of ether oxygens (including phenoxy) is 2. The molecule has 0 bridgehead atoms. The van der Waals surface area contributed by atoms with Crippen LogP contribution in [0.4, 0.5) is 0 Å². The van der Waals surface area contributed by atoms with Crippen LogP contribution in [0, 0.1) is 0 Å². The summed E-state index contributed by atoms with van der Waals surface area (Å²) in [5, 5.41) is 4.00. The van der Waals surface area contributed by atoms with Gasteiger partial charge in [0.05, 0.1) is 6.61 Å². The number of thiophene rings is 1. The molecular formula is C8H12O2S. The Balaban J connectivity index is 2.04. The van der Waals surface area contributed by atoms with Gasteiger partial charge in [-0.2, -0.15) is 0 Å². The molecule has 0 saturated heterocycles. The van der Waals surface area contributed by atoms with E-state index in [-0.39, 0.29) is 0 Å². The van der Waals surface area contributed by atoms with Crippen LogP contribution in [0.15, 0.2) is 16.8 Å². The SMILES string of the molecule is COCCCOc1ccsc1. The fraction of sp³-hybridized carbons (Fsp3) is 0.500. The first kappa shape index (κ1) is 8.56. The van der Waals surface area contributed by atoms with E-state index >= 15 is 0 Å². The third-order valence-corrected chi connectivity index (χ3v) is 1.92. The fourth-order valence-electron chi connectivity index (χ4n) is 0.727. The Hall–Kier alpha value is -0.540. The van der Waals surface area contributed by atoms with Crippen molar-refractivity contribution in [3.8, 4) is 5.75 Å². The molecule has 0 fully saturated rings. The number of rotatable bonds is 5. The van der Waals surface area contributed by atoms with Gasteiger partial charge < -0.3 is 9.47 Å². The molecule has 0 aromatic carbocycles. The summed E-state index contributed by atoms with van der Waals surface area (Å²) in [6.45, 7) is 1.51. The summed E-state index contributed by atoms with van der Waals surface area (Å²) in [5.74, 6) is 0.964. The van der Waals surface area contributed by atoms with E-state index < -0.39 is 0 Å². The molecule has 0 aliphatic heterocycles. The Morgan fingerprint density at radius 1 is 1.45 bits per heavy atom. The van der Waals surface area contributed by atoms with Gasteiger partial charge in [-0.1, -0.05) is 0 Å². The lowest BCUT2D eigenvalue weighted by Gasteiger charge is -2.01.